The summed E-state index contributed by atoms with van der Waals surface area (Å²) in [6.45, 7) is 0.246. The number of nitrogens with one attached hydrogen (secondary N) is 1. The van der Waals surface area contributed by atoms with Gasteiger partial charge in [-0.2, -0.15) is 0 Å². The highest BCUT2D eigenvalue weighted by Gasteiger charge is 2.14. The topological polar surface area (TPSA) is 55.5 Å². The van der Waals surface area contributed by atoms with E-state index in [1.165, 1.54) is 16.7 Å². The Morgan fingerprint density at radius 2 is 1.82 bits per heavy atom. The fraction of sp³-hybridized carbons (Fsp3) is 0.143. The Morgan fingerprint density at radius 3 is 2.61 bits per heavy atom. The summed E-state index contributed by atoms with van der Waals surface area (Å²) in [5.74, 6) is -0.771. The van der Waals surface area contributed by atoms with Gasteiger partial charge in [0.05, 0.1) is 11.0 Å². The second-order valence-electron chi connectivity index (χ2n) is 6.51. The van der Waals surface area contributed by atoms with E-state index in [9.17, 15) is 14.0 Å². The lowest BCUT2D eigenvalue weighted by Gasteiger charge is -2.13. The van der Waals surface area contributed by atoms with E-state index in [1.54, 1.807) is 40.9 Å². The van der Waals surface area contributed by atoms with Crippen molar-refractivity contribution in [2.75, 3.05) is 6.54 Å². The van der Waals surface area contributed by atoms with Gasteiger partial charge in [-0.1, -0.05) is 23.7 Å². The number of fused-ring (bicyclic) bond motifs is 3. The van der Waals surface area contributed by atoms with E-state index < -0.39 is 5.82 Å². The molecule has 0 bridgehead atoms. The molecule has 7 heteroatoms. The molecule has 0 atom stereocenters. The summed E-state index contributed by atoms with van der Waals surface area (Å²) in [5, 5.41) is 3.47. The Labute approximate surface area is 165 Å². The van der Waals surface area contributed by atoms with Crippen molar-refractivity contribution in [2.24, 2.45) is 0 Å². The quantitative estimate of drug-likeness (QED) is 0.561. The first-order valence-electron chi connectivity index (χ1n) is 8.83. The first kappa shape index (κ1) is 18.3. The number of nitrogens with zero attached hydrogens (tertiary/aromatic N) is 2. The largest absolute Gasteiger partial charge is 0.354 e. The van der Waals surface area contributed by atoms with Gasteiger partial charge in [-0.3, -0.25) is 14.2 Å². The van der Waals surface area contributed by atoms with Gasteiger partial charge in [-0.25, -0.2) is 4.39 Å². The number of hydrogen-bond donors (Lipinski definition) is 1. The number of carbonyl (C=O) groups is 1. The van der Waals surface area contributed by atoms with E-state index in [2.05, 4.69) is 5.32 Å². The predicted octanol–water partition coefficient (Wildman–Crippen LogP) is 3.41. The standard InChI is InChI=1S/C21H17ClFN3O2/c22-15-5-3-14(4-6-15)9-10-24-20(27)13-26-19-12-16(23)7-8-17(19)25-11-1-2-18(25)21(26)28/h1-8,11-12H,9-10,13H2,(H,24,27). The van der Waals surface area contributed by atoms with Crippen LogP contribution in [-0.2, 0) is 17.8 Å². The van der Waals surface area contributed by atoms with E-state index >= 15 is 0 Å². The molecule has 142 valence electrons. The Kier molecular flexibility index (Phi) is 4.88. The molecule has 4 rings (SSSR count). The third kappa shape index (κ3) is 3.51. The lowest BCUT2D eigenvalue weighted by Crippen LogP contribution is -2.34. The zero-order chi connectivity index (χ0) is 19.7. The van der Waals surface area contributed by atoms with Crippen LogP contribution >= 0.6 is 11.6 Å². The van der Waals surface area contributed by atoms with E-state index in [0.717, 1.165) is 5.56 Å². The number of aromatic nitrogens is 2. The van der Waals surface area contributed by atoms with Gasteiger partial charge in [0.25, 0.3) is 5.56 Å². The minimum Gasteiger partial charge on any atom is -0.354 e. The first-order valence-corrected chi connectivity index (χ1v) is 9.21. The summed E-state index contributed by atoms with van der Waals surface area (Å²) in [6, 6.07) is 15.0. The highest BCUT2D eigenvalue weighted by atomic mass is 35.5. The highest BCUT2D eigenvalue weighted by Crippen LogP contribution is 2.16. The van der Waals surface area contributed by atoms with Crippen molar-refractivity contribution < 1.29 is 9.18 Å². The molecule has 0 aliphatic rings. The number of halogens is 2. The van der Waals surface area contributed by atoms with Crippen LogP contribution in [0.5, 0.6) is 0 Å². The lowest BCUT2D eigenvalue weighted by molar-refractivity contribution is -0.121. The molecule has 2 aromatic heterocycles. The molecule has 0 radical (unpaired) electrons. The molecule has 0 fully saturated rings. The average molecular weight is 398 g/mol. The van der Waals surface area contributed by atoms with Crippen LogP contribution in [0.25, 0.3) is 16.6 Å². The molecule has 0 unspecified atom stereocenters. The van der Waals surface area contributed by atoms with Gasteiger partial charge in [0.1, 0.15) is 17.9 Å². The first-order chi connectivity index (χ1) is 13.5. The molecule has 1 amide bonds. The number of benzene rings is 2. The summed E-state index contributed by atoms with van der Waals surface area (Å²) >= 11 is 5.86. The number of rotatable bonds is 5. The second-order valence-corrected chi connectivity index (χ2v) is 6.95. The Hall–Kier alpha value is -3.12. The van der Waals surface area contributed by atoms with E-state index in [-0.39, 0.29) is 18.0 Å². The van der Waals surface area contributed by atoms with Gasteiger partial charge in [-0.15, -0.1) is 0 Å². The number of carbonyl (C=O) groups excluding carboxylic acids is 1. The molecule has 28 heavy (non-hydrogen) atoms. The maximum Gasteiger partial charge on any atom is 0.275 e. The summed E-state index contributed by atoms with van der Waals surface area (Å²) in [5.41, 5.74) is 2.18. The van der Waals surface area contributed by atoms with Gasteiger partial charge in [-0.05, 0) is 54.4 Å². The Bertz CT molecular complexity index is 1230. The number of amides is 1. The maximum absolute atomic E-state index is 13.8. The summed E-state index contributed by atoms with van der Waals surface area (Å²) in [6.07, 6.45) is 2.39. The monoisotopic (exact) mass is 397 g/mol. The van der Waals surface area contributed by atoms with Crippen LogP contribution in [-0.4, -0.2) is 21.4 Å². The van der Waals surface area contributed by atoms with Crippen molar-refractivity contribution in [2.45, 2.75) is 13.0 Å². The van der Waals surface area contributed by atoms with Crippen molar-refractivity contribution in [1.82, 2.24) is 14.3 Å². The van der Waals surface area contributed by atoms with E-state index in [1.807, 2.05) is 12.1 Å². The molecule has 4 aromatic rings. The molecular weight excluding hydrogens is 381 g/mol. The SMILES string of the molecule is O=C(Cn1c(=O)c2cccn2c2ccc(F)cc21)NCCc1ccc(Cl)cc1. The van der Waals surface area contributed by atoms with Crippen LogP contribution in [0.2, 0.25) is 5.02 Å². The van der Waals surface area contributed by atoms with Crippen molar-refractivity contribution in [3.8, 4) is 0 Å². The molecule has 2 heterocycles. The zero-order valence-corrected chi connectivity index (χ0v) is 15.6. The minimum absolute atomic E-state index is 0.179. The molecule has 1 N–H and O–H groups in total. The van der Waals surface area contributed by atoms with Gasteiger partial charge in [0.2, 0.25) is 5.91 Å². The van der Waals surface area contributed by atoms with Gasteiger partial charge >= 0.3 is 0 Å². The summed E-state index contributed by atoms with van der Waals surface area (Å²) < 4.78 is 16.8. The molecule has 0 aliphatic heterocycles. The smallest absolute Gasteiger partial charge is 0.275 e. The third-order valence-corrected chi connectivity index (χ3v) is 4.90. The second kappa shape index (κ2) is 7.48. The zero-order valence-electron chi connectivity index (χ0n) is 14.9. The van der Waals surface area contributed by atoms with Crippen molar-refractivity contribution >= 4 is 34.1 Å². The molecule has 0 spiro atoms. The molecular formula is C21H17ClFN3O2. The fourth-order valence-electron chi connectivity index (χ4n) is 3.28. The maximum atomic E-state index is 13.8. The highest BCUT2D eigenvalue weighted by molar-refractivity contribution is 6.30. The van der Waals surface area contributed by atoms with Gasteiger partial charge in [0, 0.05) is 17.8 Å². The molecule has 2 aromatic carbocycles. The molecule has 0 aliphatic carbocycles. The molecule has 5 nitrogen and oxygen atoms in total. The normalized spacial score (nSPS) is 11.2. The van der Waals surface area contributed by atoms with E-state index in [0.29, 0.717) is 34.5 Å². The average Bonchev–Trinajstić information content (AvgIpc) is 3.17. The molecule has 0 saturated carbocycles. The van der Waals surface area contributed by atoms with Crippen LogP contribution in [0, 0.1) is 5.82 Å². The molecule has 0 saturated heterocycles. The Morgan fingerprint density at radius 1 is 1.04 bits per heavy atom. The van der Waals surface area contributed by atoms with Crippen molar-refractivity contribution in [3.63, 3.8) is 0 Å². The van der Waals surface area contributed by atoms with Crippen LogP contribution in [0.3, 0.4) is 0 Å². The van der Waals surface area contributed by atoms with Crippen molar-refractivity contribution in [1.29, 1.82) is 0 Å². The summed E-state index contributed by atoms with van der Waals surface area (Å²) in [7, 11) is 0. The van der Waals surface area contributed by atoms with Crippen LogP contribution in [0.15, 0.2) is 65.6 Å². The summed E-state index contributed by atoms with van der Waals surface area (Å²) in [4.78, 5) is 25.2. The number of hydrogen-bond acceptors (Lipinski definition) is 2. The fourth-order valence-corrected chi connectivity index (χ4v) is 3.41. The third-order valence-electron chi connectivity index (χ3n) is 4.65. The lowest BCUT2D eigenvalue weighted by atomic mass is 10.1. The van der Waals surface area contributed by atoms with Crippen LogP contribution < -0.4 is 10.9 Å². The van der Waals surface area contributed by atoms with Crippen LogP contribution in [0.1, 0.15) is 5.56 Å². The van der Waals surface area contributed by atoms with Gasteiger partial charge < -0.3 is 9.72 Å². The van der Waals surface area contributed by atoms with E-state index in [4.69, 9.17) is 11.6 Å². The van der Waals surface area contributed by atoms with Gasteiger partial charge in [0.15, 0.2) is 0 Å². The van der Waals surface area contributed by atoms with Crippen LogP contribution in [0.4, 0.5) is 4.39 Å². The Balaban J connectivity index is 1.57. The van der Waals surface area contributed by atoms with Crippen molar-refractivity contribution in [3.05, 3.63) is 87.6 Å². The predicted molar refractivity (Wildman–Crippen MR) is 107 cm³/mol. The minimum atomic E-state index is -0.463.